The molecule has 1 aliphatic rings. The number of piperidine rings is 1. The molecular formula is C29H34NO2P. The molecule has 0 aromatic heterocycles. The fraction of sp³-hybridized carbons (Fsp3) is 0.310. The van der Waals surface area contributed by atoms with Crippen molar-refractivity contribution >= 4 is 34.6 Å². The molecule has 0 amide bonds. The van der Waals surface area contributed by atoms with Crippen molar-refractivity contribution in [2.24, 2.45) is 0 Å². The van der Waals surface area contributed by atoms with Crippen molar-refractivity contribution in [3.05, 3.63) is 91.0 Å². The largest absolute Gasteiger partial charge is 0.363 e. The second-order valence-corrected chi connectivity index (χ2v) is 13.3. The van der Waals surface area contributed by atoms with Crippen molar-refractivity contribution in [2.75, 3.05) is 0 Å². The highest BCUT2D eigenvalue weighted by molar-refractivity contribution is 7.95. The maximum absolute atomic E-state index is 13.7. The lowest BCUT2D eigenvalue weighted by atomic mass is 9.82. The summed E-state index contributed by atoms with van der Waals surface area (Å²) in [6.45, 7) is 6.26. The molecule has 3 aromatic carbocycles. The summed E-state index contributed by atoms with van der Waals surface area (Å²) in [6, 6.07) is 31.1. The van der Waals surface area contributed by atoms with Gasteiger partial charge in [-0.2, -0.15) is 0 Å². The molecule has 0 saturated carbocycles. The van der Waals surface area contributed by atoms with Gasteiger partial charge in [-0.15, -0.1) is 5.06 Å². The molecule has 3 nitrogen and oxygen atoms in total. The Morgan fingerprint density at radius 2 is 1.09 bits per heavy atom. The van der Waals surface area contributed by atoms with Crippen LogP contribution in [0.15, 0.2) is 91.0 Å². The number of hydrogen-bond donors (Lipinski definition) is 0. The maximum atomic E-state index is 13.7. The number of rotatable bonds is 5. The van der Waals surface area contributed by atoms with Gasteiger partial charge in [0.1, 0.15) is 0 Å². The Morgan fingerprint density at radius 1 is 0.727 bits per heavy atom. The van der Waals surface area contributed by atoms with Gasteiger partial charge < -0.3 is 4.84 Å². The molecule has 1 aliphatic heterocycles. The fourth-order valence-electron chi connectivity index (χ4n) is 5.16. The molecule has 1 fully saturated rings. The summed E-state index contributed by atoms with van der Waals surface area (Å²) in [4.78, 5) is 19.9. The minimum atomic E-state index is -2.39. The van der Waals surface area contributed by atoms with E-state index in [9.17, 15) is 4.79 Å². The molecule has 0 bridgehead atoms. The molecule has 172 valence electrons. The van der Waals surface area contributed by atoms with Gasteiger partial charge in [0.15, 0.2) is 0 Å². The van der Waals surface area contributed by atoms with E-state index in [-0.39, 0.29) is 17.0 Å². The minimum absolute atomic E-state index is 0.210. The van der Waals surface area contributed by atoms with E-state index in [2.05, 4.69) is 64.1 Å². The van der Waals surface area contributed by atoms with E-state index < -0.39 is 6.89 Å². The van der Waals surface area contributed by atoms with Gasteiger partial charge in [0.05, 0.1) is 11.1 Å². The second kappa shape index (κ2) is 9.33. The van der Waals surface area contributed by atoms with Crippen LogP contribution in [0.4, 0.5) is 0 Å². The standard InChI is InChI=1S/C29H34NO2P/c1-28(2)21-14-22-29(3,4)30(28)32-27(31)23-33(24-15-8-5-9-16-24,25-17-10-6-11-18-25)26-19-12-7-13-20-26/h5-13,15-20,23H,14,21-22H2,1-4H3. The van der Waals surface area contributed by atoms with Crippen LogP contribution in [-0.4, -0.2) is 27.9 Å². The Labute approximate surface area is 198 Å². The SMILES string of the molecule is CC1(C)CCCC(C)(C)N1OC(=O)C=P(c1ccccc1)(c1ccccc1)c1ccccc1. The molecule has 33 heavy (non-hydrogen) atoms. The van der Waals surface area contributed by atoms with Gasteiger partial charge in [0.2, 0.25) is 0 Å². The molecule has 4 rings (SSSR count). The van der Waals surface area contributed by atoms with Gasteiger partial charge in [-0.05, 0) is 69.8 Å². The highest BCUT2D eigenvalue weighted by Crippen LogP contribution is 2.44. The Morgan fingerprint density at radius 3 is 1.45 bits per heavy atom. The summed E-state index contributed by atoms with van der Waals surface area (Å²) in [5.41, 5.74) is -0.419. The van der Waals surface area contributed by atoms with Crippen LogP contribution in [-0.2, 0) is 9.63 Å². The quantitative estimate of drug-likeness (QED) is 0.486. The van der Waals surface area contributed by atoms with E-state index in [0.717, 1.165) is 35.2 Å². The third kappa shape index (κ3) is 4.71. The third-order valence-corrected chi connectivity index (χ3v) is 10.6. The van der Waals surface area contributed by atoms with E-state index in [1.165, 1.54) is 0 Å². The average Bonchev–Trinajstić information content (AvgIpc) is 2.81. The Bertz CT molecular complexity index is 1020. The highest BCUT2D eigenvalue weighted by Gasteiger charge is 2.44. The molecule has 0 aliphatic carbocycles. The maximum Gasteiger partial charge on any atom is 0.350 e. The number of hydroxylamine groups is 2. The number of benzene rings is 3. The summed E-state index contributed by atoms with van der Waals surface area (Å²) < 4.78 is 0. The monoisotopic (exact) mass is 459 g/mol. The first-order chi connectivity index (χ1) is 15.8. The molecule has 1 saturated heterocycles. The topological polar surface area (TPSA) is 29.5 Å². The van der Waals surface area contributed by atoms with Crippen LogP contribution in [0.3, 0.4) is 0 Å². The van der Waals surface area contributed by atoms with E-state index >= 15 is 0 Å². The van der Waals surface area contributed by atoms with Gasteiger partial charge in [0, 0.05) is 5.80 Å². The van der Waals surface area contributed by atoms with Crippen molar-refractivity contribution < 1.29 is 9.63 Å². The highest BCUT2D eigenvalue weighted by atomic mass is 31.2. The van der Waals surface area contributed by atoms with Gasteiger partial charge in [-0.3, -0.25) is 0 Å². The van der Waals surface area contributed by atoms with Crippen LogP contribution in [0, 0.1) is 0 Å². The molecule has 4 heteroatoms. The van der Waals surface area contributed by atoms with E-state index in [1.807, 2.05) is 65.5 Å². The zero-order chi connectivity index (χ0) is 23.5. The smallest absolute Gasteiger partial charge is 0.350 e. The molecule has 0 unspecified atom stereocenters. The lowest BCUT2D eigenvalue weighted by Gasteiger charge is -2.50. The third-order valence-electron chi connectivity index (χ3n) is 6.65. The van der Waals surface area contributed by atoms with Crippen LogP contribution < -0.4 is 15.9 Å². The fourth-order valence-corrected chi connectivity index (χ4v) is 8.79. The van der Waals surface area contributed by atoms with Crippen LogP contribution in [0.25, 0.3) is 0 Å². The Balaban J connectivity index is 1.91. The van der Waals surface area contributed by atoms with Crippen LogP contribution in [0.2, 0.25) is 0 Å². The molecule has 0 N–H and O–H groups in total. The number of carbonyl (C=O) groups excluding carboxylic acids is 1. The van der Waals surface area contributed by atoms with Crippen molar-refractivity contribution in [3.8, 4) is 0 Å². The summed E-state index contributed by atoms with van der Waals surface area (Å²) in [6.07, 6.45) is 3.13. The van der Waals surface area contributed by atoms with Crippen molar-refractivity contribution in [1.29, 1.82) is 0 Å². The molecule has 0 radical (unpaired) electrons. The van der Waals surface area contributed by atoms with Crippen molar-refractivity contribution in [3.63, 3.8) is 0 Å². The molecule has 1 heterocycles. The zero-order valence-electron chi connectivity index (χ0n) is 20.1. The van der Waals surface area contributed by atoms with Gasteiger partial charge >= 0.3 is 5.97 Å². The normalized spacial score (nSPS) is 17.8. The van der Waals surface area contributed by atoms with Crippen molar-refractivity contribution in [1.82, 2.24) is 5.06 Å². The van der Waals surface area contributed by atoms with Crippen LogP contribution in [0.1, 0.15) is 47.0 Å². The van der Waals surface area contributed by atoms with E-state index in [4.69, 9.17) is 4.84 Å². The molecular weight excluding hydrogens is 425 g/mol. The number of hydrogen-bond acceptors (Lipinski definition) is 3. The minimum Gasteiger partial charge on any atom is -0.363 e. The Hall–Kier alpha value is -2.61. The summed E-state index contributed by atoms with van der Waals surface area (Å²) in [5.74, 6) is 1.58. The number of carbonyl (C=O) groups is 1. The average molecular weight is 460 g/mol. The van der Waals surface area contributed by atoms with E-state index in [1.54, 1.807) is 0 Å². The first-order valence-corrected chi connectivity index (χ1v) is 13.6. The second-order valence-electron chi connectivity index (χ2n) is 10.0. The van der Waals surface area contributed by atoms with Crippen LogP contribution in [0.5, 0.6) is 0 Å². The Kier molecular flexibility index (Phi) is 6.66. The molecule has 0 spiro atoms. The first-order valence-electron chi connectivity index (χ1n) is 11.7. The van der Waals surface area contributed by atoms with E-state index in [0.29, 0.717) is 0 Å². The predicted molar refractivity (Wildman–Crippen MR) is 141 cm³/mol. The molecule has 0 atom stereocenters. The molecule has 3 aromatic rings. The number of nitrogens with zero attached hydrogens (tertiary/aromatic N) is 1. The summed E-state index contributed by atoms with van der Waals surface area (Å²) in [5, 5.41) is 5.35. The lowest BCUT2D eigenvalue weighted by molar-refractivity contribution is -0.259. The predicted octanol–water partition coefficient (Wildman–Crippen LogP) is 5.28. The van der Waals surface area contributed by atoms with Crippen molar-refractivity contribution in [2.45, 2.75) is 58.0 Å². The van der Waals surface area contributed by atoms with Gasteiger partial charge in [-0.25, -0.2) is 4.79 Å². The zero-order valence-corrected chi connectivity index (χ0v) is 21.0. The van der Waals surface area contributed by atoms with Crippen LogP contribution >= 0.6 is 6.89 Å². The first kappa shape index (κ1) is 23.5. The van der Waals surface area contributed by atoms with Gasteiger partial charge in [0.25, 0.3) is 0 Å². The lowest BCUT2D eigenvalue weighted by Crippen LogP contribution is -2.59. The summed E-state index contributed by atoms with van der Waals surface area (Å²) in [7, 11) is 0. The van der Waals surface area contributed by atoms with Gasteiger partial charge in [-0.1, -0.05) is 91.0 Å². The summed E-state index contributed by atoms with van der Waals surface area (Å²) >= 11 is 0.